The van der Waals surface area contributed by atoms with Gasteiger partial charge in [-0.15, -0.1) is 11.3 Å². The molecule has 0 fully saturated rings. The van der Waals surface area contributed by atoms with E-state index >= 15 is 4.39 Å². The van der Waals surface area contributed by atoms with Crippen LogP contribution < -0.4 is 5.32 Å². The van der Waals surface area contributed by atoms with E-state index in [1.807, 2.05) is 50.2 Å². The topological polar surface area (TPSA) is 76.5 Å². The average molecular weight is 443 g/mol. The van der Waals surface area contributed by atoms with Crippen molar-refractivity contribution in [1.82, 2.24) is 24.9 Å². The highest BCUT2D eigenvalue weighted by Crippen LogP contribution is 2.29. The van der Waals surface area contributed by atoms with E-state index in [4.69, 9.17) is 0 Å². The zero-order valence-corrected chi connectivity index (χ0v) is 18.3. The summed E-state index contributed by atoms with van der Waals surface area (Å²) in [6.07, 6.45) is 4.95. The molecule has 0 atom stereocenters. The molecule has 0 saturated carbocycles. The Balaban J connectivity index is 1.37. The lowest BCUT2D eigenvalue weighted by molar-refractivity contribution is 0.621. The van der Waals surface area contributed by atoms with E-state index in [-0.39, 0.29) is 11.5 Å². The van der Waals surface area contributed by atoms with Gasteiger partial charge in [-0.3, -0.25) is 9.97 Å². The number of benzene rings is 1. The van der Waals surface area contributed by atoms with E-state index in [0.717, 1.165) is 38.3 Å². The summed E-state index contributed by atoms with van der Waals surface area (Å²) in [5, 5.41) is 3.08. The first-order chi connectivity index (χ1) is 15.6. The molecule has 8 heteroatoms. The minimum Gasteiger partial charge on any atom is -0.363 e. The van der Waals surface area contributed by atoms with E-state index in [0.29, 0.717) is 12.1 Å². The first-order valence-electron chi connectivity index (χ1n) is 10.0. The van der Waals surface area contributed by atoms with E-state index in [9.17, 15) is 0 Å². The summed E-state index contributed by atoms with van der Waals surface area (Å²) >= 11 is 1.51. The minimum absolute atomic E-state index is 0.158. The van der Waals surface area contributed by atoms with E-state index in [1.54, 1.807) is 17.9 Å². The number of aromatic nitrogens is 5. The second-order valence-corrected chi connectivity index (χ2v) is 8.35. The SMILES string of the molecule is Cc1cc(-c2ncc(CNc3ncnc(-c4ccc5ncsc5c4)c3F)cc2C)ccn1. The van der Waals surface area contributed by atoms with Crippen LogP contribution in [-0.2, 0) is 6.54 Å². The number of halogens is 1. The molecule has 158 valence electrons. The molecule has 0 amide bonds. The van der Waals surface area contributed by atoms with Crippen molar-refractivity contribution in [1.29, 1.82) is 0 Å². The number of hydrogen-bond acceptors (Lipinski definition) is 7. The van der Waals surface area contributed by atoms with Crippen molar-refractivity contribution in [2.45, 2.75) is 20.4 Å². The van der Waals surface area contributed by atoms with Crippen LogP contribution in [0, 0.1) is 19.7 Å². The van der Waals surface area contributed by atoms with Gasteiger partial charge in [0, 0.05) is 35.8 Å². The molecular formula is C24H19FN6S. The van der Waals surface area contributed by atoms with Gasteiger partial charge in [-0.2, -0.15) is 0 Å². The third-order valence-corrected chi connectivity index (χ3v) is 5.95. The van der Waals surface area contributed by atoms with Crippen LogP contribution in [0.25, 0.3) is 32.7 Å². The van der Waals surface area contributed by atoms with Gasteiger partial charge in [0.25, 0.3) is 0 Å². The maximum atomic E-state index is 15.2. The summed E-state index contributed by atoms with van der Waals surface area (Å²) in [6, 6.07) is 11.6. The number of hydrogen-bond donors (Lipinski definition) is 1. The number of fused-ring (bicyclic) bond motifs is 1. The lowest BCUT2D eigenvalue weighted by Gasteiger charge is -2.11. The third kappa shape index (κ3) is 3.92. The average Bonchev–Trinajstić information content (AvgIpc) is 3.26. The van der Waals surface area contributed by atoms with Crippen molar-refractivity contribution >= 4 is 27.4 Å². The van der Waals surface area contributed by atoms with Gasteiger partial charge in [0.2, 0.25) is 0 Å². The van der Waals surface area contributed by atoms with E-state index in [2.05, 4.69) is 30.2 Å². The highest BCUT2D eigenvalue weighted by Gasteiger charge is 2.14. The maximum absolute atomic E-state index is 15.2. The summed E-state index contributed by atoms with van der Waals surface area (Å²) in [5.74, 6) is -0.323. The Bertz CT molecular complexity index is 1430. The summed E-state index contributed by atoms with van der Waals surface area (Å²) in [4.78, 5) is 21.4. The van der Waals surface area contributed by atoms with Crippen LogP contribution in [0.3, 0.4) is 0 Å². The smallest absolute Gasteiger partial charge is 0.191 e. The Morgan fingerprint density at radius 2 is 1.78 bits per heavy atom. The number of anilines is 1. The van der Waals surface area contributed by atoms with Crippen LogP contribution in [0.15, 0.2) is 60.6 Å². The molecule has 5 aromatic rings. The van der Waals surface area contributed by atoms with Crippen LogP contribution in [0.4, 0.5) is 10.2 Å². The molecule has 0 radical (unpaired) electrons. The molecule has 0 aliphatic rings. The lowest BCUT2D eigenvalue weighted by Crippen LogP contribution is -2.06. The van der Waals surface area contributed by atoms with Crippen LogP contribution in [-0.4, -0.2) is 24.9 Å². The first kappa shape index (κ1) is 20.1. The van der Waals surface area contributed by atoms with Crippen LogP contribution in [0.5, 0.6) is 0 Å². The van der Waals surface area contributed by atoms with Crippen molar-refractivity contribution < 1.29 is 4.39 Å². The summed E-state index contributed by atoms with van der Waals surface area (Å²) < 4.78 is 16.2. The third-order valence-electron chi connectivity index (χ3n) is 5.16. The Hall–Kier alpha value is -3.78. The van der Waals surface area contributed by atoms with Gasteiger partial charge in [0.15, 0.2) is 11.6 Å². The van der Waals surface area contributed by atoms with Gasteiger partial charge in [-0.05, 0) is 49.2 Å². The van der Waals surface area contributed by atoms with Gasteiger partial charge in [-0.25, -0.2) is 19.3 Å². The molecule has 0 aliphatic heterocycles. The number of thiazole rings is 1. The minimum atomic E-state index is -0.482. The molecule has 0 bridgehead atoms. The van der Waals surface area contributed by atoms with Crippen molar-refractivity contribution in [2.24, 2.45) is 0 Å². The summed E-state index contributed by atoms with van der Waals surface area (Å²) in [6.45, 7) is 4.36. The van der Waals surface area contributed by atoms with Gasteiger partial charge in [0.1, 0.15) is 12.0 Å². The molecule has 6 nitrogen and oxygen atoms in total. The van der Waals surface area contributed by atoms with Gasteiger partial charge < -0.3 is 5.32 Å². The molecule has 4 heterocycles. The molecule has 0 spiro atoms. The predicted octanol–water partition coefficient (Wildman–Crippen LogP) is 5.58. The molecule has 4 aromatic heterocycles. The summed E-state index contributed by atoms with van der Waals surface area (Å²) in [7, 11) is 0. The number of rotatable bonds is 5. The summed E-state index contributed by atoms with van der Waals surface area (Å²) in [5.41, 5.74) is 8.47. The molecule has 1 N–H and O–H groups in total. The standard InChI is InChI=1S/C24H19FN6S/c1-14-7-16(10-27-22(14)18-5-6-26-15(2)8-18)11-28-24-21(25)23(29-12-30-24)17-3-4-19-20(9-17)32-13-31-19/h3-10,12-13H,11H2,1-2H3,(H,28,29,30). The van der Waals surface area contributed by atoms with E-state index in [1.165, 1.54) is 17.7 Å². The molecule has 5 rings (SSSR count). The van der Waals surface area contributed by atoms with Crippen molar-refractivity contribution in [3.8, 4) is 22.5 Å². The molecule has 0 unspecified atom stereocenters. The number of pyridine rings is 2. The van der Waals surface area contributed by atoms with Crippen LogP contribution in [0.2, 0.25) is 0 Å². The quantitative estimate of drug-likeness (QED) is 0.383. The molecule has 1 aromatic carbocycles. The molecule has 0 aliphatic carbocycles. The number of nitrogens with zero attached hydrogens (tertiary/aromatic N) is 5. The fraction of sp³-hybridized carbons (Fsp3) is 0.125. The van der Waals surface area contributed by atoms with Crippen molar-refractivity contribution in [3.63, 3.8) is 0 Å². The highest BCUT2D eigenvalue weighted by atomic mass is 32.1. The fourth-order valence-corrected chi connectivity index (χ4v) is 4.32. The molecule has 0 saturated heterocycles. The van der Waals surface area contributed by atoms with Gasteiger partial charge in [-0.1, -0.05) is 12.1 Å². The fourth-order valence-electron chi connectivity index (χ4n) is 3.61. The Morgan fingerprint density at radius 1 is 0.906 bits per heavy atom. The Morgan fingerprint density at radius 3 is 2.62 bits per heavy atom. The normalized spacial score (nSPS) is 11.1. The predicted molar refractivity (Wildman–Crippen MR) is 125 cm³/mol. The zero-order chi connectivity index (χ0) is 22.1. The molecular weight excluding hydrogens is 423 g/mol. The number of aryl methyl sites for hydroxylation is 2. The first-order valence-corrected chi connectivity index (χ1v) is 10.9. The maximum Gasteiger partial charge on any atom is 0.191 e. The van der Waals surface area contributed by atoms with Gasteiger partial charge in [0.05, 0.1) is 21.4 Å². The van der Waals surface area contributed by atoms with E-state index < -0.39 is 5.82 Å². The number of nitrogens with one attached hydrogen (secondary N) is 1. The second kappa shape index (κ2) is 8.39. The second-order valence-electron chi connectivity index (χ2n) is 7.47. The largest absolute Gasteiger partial charge is 0.363 e. The van der Waals surface area contributed by atoms with Gasteiger partial charge >= 0.3 is 0 Å². The highest BCUT2D eigenvalue weighted by molar-refractivity contribution is 7.16. The van der Waals surface area contributed by atoms with Crippen LogP contribution >= 0.6 is 11.3 Å². The van der Waals surface area contributed by atoms with Crippen molar-refractivity contribution in [3.05, 3.63) is 83.3 Å². The lowest BCUT2D eigenvalue weighted by atomic mass is 10.1. The van der Waals surface area contributed by atoms with Crippen LogP contribution in [0.1, 0.15) is 16.8 Å². The van der Waals surface area contributed by atoms with Crippen molar-refractivity contribution in [2.75, 3.05) is 5.32 Å². The Labute approximate surface area is 188 Å². The monoisotopic (exact) mass is 442 g/mol. The molecule has 32 heavy (non-hydrogen) atoms. The zero-order valence-electron chi connectivity index (χ0n) is 17.5. The Kier molecular flexibility index (Phi) is 5.28.